The van der Waals surface area contributed by atoms with Crippen molar-refractivity contribution in [2.75, 3.05) is 0 Å². The van der Waals surface area contributed by atoms with Gasteiger partial charge in [0, 0.05) is 12.6 Å². The molecule has 0 radical (unpaired) electrons. The average Bonchev–Trinajstić information content (AvgIpc) is 2.96. The molecule has 5 nitrogen and oxygen atoms in total. The average molecular weight is 274 g/mol. The standard InChI is InChI=1S/C13H14N4OS/c1-2-5-11-16-17-10(8-18)12(15-13(17)19-11)9-6-3-4-7-14-9/h3-4,6-7,18H,2,5,8H2,1H3. The minimum atomic E-state index is -0.0949. The molecule has 0 amide bonds. The van der Waals surface area contributed by atoms with Crippen LogP contribution in [0.5, 0.6) is 0 Å². The maximum atomic E-state index is 9.58. The number of hydrogen-bond donors (Lipinski definition) is 1. The summed E-state index contributed by atoms with van der Waals surface area (Å²) < 4.78 is 1.74. The van der Waals surface area contributed by atoms with Gasteiger partial charge in [0.05, 0.1) is 18.0 Å². The van der Waals surface area contributed by atoms with Gasteiger partial charge in [-0.15, -0.1) is 0 Å². The van der Waals surface area contributed by atoms with Gasteiger partial charge in [0.25, 0.3) is 0 Å². The van der Waals surface area contributed by atoms with Crippen LogP contribution in [0.4, 0.5) is 0 Å². The summed E-state index contributed by atoms with van der Waals surface area (Å²) in [5.41, 5.74) is 2.18. The van der Waals surface area contributed by atoms with Crippen LogP contribution in [0.25, 0.3) is 16.3 Å². The van der Waals surface area contributed by atoms with Gasteiger partial charge in [-0.25, -0.2) is 9.50 Å². The lowest BCUT2D eigenvalue weighted by molar-refractivity contribution is 0.275. The van der Waals surface area contributed by atoms with Crippen molar-refractivity contribution in [2.24, 2.45) is 0 Å². The van der Waals surface area contributed by atoms with E-state index in [1.165, 1.54) is 0 Å². The molecule has 3 aromatic heterocycles. The molecule has 3 aromatic rings. The Hall–Kier alpha value is -1.79. The number of aryl methyl sites for hydroxylation is 1. The minimum absolute atomic E-state index is 0.0949. The zero-order valence-corrected chi connectivity index (χ0v) is 11.4. The van der Waals surface area contributed by atoms with E-state index < -0.39 is 0 Å². The van der Waals surface area contributed by atoms with Crippen molar-refractivity contribution in [3.05, 3.63) is 35.1 Å². The summed E-state index contributed by atoms with van der Waals surface area (Å²) in [4.78, 5) is 9.65. The Morgan fingerprint density at radius 2 is 2.26 bits per heavy atom. The molecule has 19 heavy (non-hydrogen) atoms. The van der Waals surface area contributed by atoms with Gasteiger partial charge in [0.2, 0.25) is 4.96 Å². The van der Waals surface area contributed by atoms with E-state index in [2.05, 4.69) is 22.0 Å². The second-order valence-corrected chi connectivity index (χ2v) is 5.26. The molecule has 3 heterocycles. The van der Waals surface area contributed by atoms with E-state index >= 15 is 0 Å². The fraction of sp³-hybridized carbons (Fsp3) is 0.308. The quantitative estimate of drug-likeness (QED) is 0.793. The molecular weight excluding hydrogens is 260 g/mol. The normalized spacial score (nSPS) is 11.3. The Balaban J connectivity index is 2.13. The molecule has 0 bridgehead atoms. The molecular formula is C13H14N4OS. The number of aliphatic hydroxyl groups is 1. The van der Waals surface area contributed by atoms with E-state index in [1.807, 2.05) is 18.2 Å². The van der Waals surface area contributed by atoms with Gasteiger partial charge >= 0.3 is 0 Å². The van der Waals surface area contributed by atoms with Gasteiger partial charge in [0.15, 0.2) is 0 Å². The molecule has 0 fully saturated rings. The highest BCUT2D eigenvalue weighted by molar-refractivity contribution is 7.16. The first kappa shape index (κ1) is 12.3. The van der Waals surface area contributed by atoms with Crippen molar-refractivity contribution >= 4 is 16.3 Å². The van der Waals surface area contributed by atoms with E-state index in [1.54, 1.807) is 22.0 Å². The van der Waals surface area contributed by atoms with Crippen molar-refractivity contribution in [1.82, 2.24) is 19.6 Å². The Morgan fingerprint density at radius 1 is 1.37 bits per heavy atom. The minimum Gasteiger partial charge on any atom is -0.390 e. The summed E-state index contributed by atoms with van der Waals surface area (Å²) in [5.74, 6) is 0. The number of rotatable bonds is 4. The van der Waals surface area contributed by atoms with Crippen molar-refractivity contribution < 1.29 is 5.11 Å². The van der Waals surface area contributed by atoms with Crippen LogP contribution >= 0.6 is 11.3 Å². The predicted octanol–water partition coefficient (Wildman–Crippen LogP) is 2.30. The highest BCUT2D eigenvalue weighted by atomic mass is 32.1. The van der Waals surface area contributed by atoms with Crippen LogP contribution in [0.15, 0.2) is 24.4 Å². The molecule has 0 saturated carbocycles. The van der Waals surface area contributed by atoms with Crippen molar-refractivity contribution in [3.63, 3.8) is 0 Å². The molecule has 0 spiro atoms. The smallest absolute Gasteiger partial charge is 0.213 e. The molecule has 0 aromatic carbocycles. The lowest BCUT2D eigenvalue weighted by atomic mass is 10.2. The van der Waals surface area contributed by atoms with Crippen LogP contribution in [-0.4, -0.2) is 24.7 Å². The topological polar surface area (TPSA) is 63.3 Å². The molecule has 0 unspecified atom stereocenters. The Morgan fingerprint density at radius 3 is 2.95 bits per heavy atom. The van der Waals surface area contributed by atoms with Crippen molar-refractivity contribution in [3.8, 4) is 11.4 Å². The second kappa shape index (κ2) is 5.07. The van der Waals surface area contributed by atoms with Crippen molar-refractivity contribution in [2.45, 2.75) is 26.4 Å². The lowest BCUT2D eigenvalue weighted by Crippen LogP contribution is -1.97. The summed E-state index contributed by atoms with van der Waals surface area (Å²) in [6, 6.07) is 5.66. The van der Waals surface area contributed by atoms with E-state index in [0.717, 1.165) is 28.5 Å². The number of pyridine rings is 1. The van der Waals surface area contributed by atoms with Crippen LogP contribution in [0.3, 0.4) is 0 Å². The van der Waals surface area contributed by atoms with Crippen LogP contribution in [-0.2, 0) is 13.0 Å². The molecule has 3 rings (SSSR count). The fourth-order valence-corrected chi connectivity index (χ4v) is 3.01. The van der Waals surface area contributed by atoms with Gasteiger partial charge in [-0.1, -0.05) is 24.3 Å². The van der Waals surface area contributed by atoms with E-state index in [9.17, 15) is 5.11 Å². The maximum absolute atomic E-state index is 9.58. The highest BCUT2D eigenvalue weighted by Gasteiger charge is 2.17. The van der Waals surface area contributed by atoms with Gasteiger partial charge in [-0.05, 0) is 18.6 Å². The number of nitrogens with zero attached hydrogens (tertiary/aromatic N) is 4. The van der Waals surface area contributed by atoms with E-state index in [-0.39, 0.29) is 6.61 Å². The maximum Gasteiger partial charge on any atom is 0.213 e. The molecule has 6 heteroatoms. The van der Waals surface area contributed by atoms with Crippen LogP contribution in [0, 0.1) is 0 Å². The first-order valence-electron chi connectivity index (χ1n) is 6.23. The predicted molar refractivity (Wildman–Crippen MR) is 74.0 cm³/mol. The first-order valence-corrected chi connectivity index (χ1v) is 7.04. The summed E-state index contributed by atoms with van der Waals surface area (Å²) in [7, 11) is 0. The molecule has 1 N–H and O–H groups in total. The summed E-state index contributed by atoms with van der Waals surface area (Å²) >= 11 is 1.57. The number of aromatic nitrogens is 4. The lowest BCUT2D eigenvalue weighted by Gasteiger charge is -1.99. The number of hydrogen-bond acceptors (Lipinski definition) is 5. The van der Waals surface area contributed by atoms with Gasteiger partial charge in [-0.3, -0.25) is 4.98 Å². The van der Waals surface area contributed by atoms with Crippen LogP contribution < -0.4 is 0 Å². The van der Waals surface area contributed by atoms with E-state index in [4.69, 9.17) is 0 Å². The molecule has 0 atom stereocenters. The Labute approximate surface area is 114 Å². The zero-order chi connectivity index (χ0) is 13.2. The van der Waals surface area contributed by atoms with Gasteiger partial charge < -0.3 is 5.11 Å². The summed E-state index contributed by atoms with van der Waals surface area (Å²) in [6.07, 6.45) is 3.72. The van der Waals surface area contributed by atoms with Crippen LogP contribution in [0.1, 0.15) is 24.0 Å². The third-order valence-electron chi connectivity index (χ3n) is 2.86. The van der Waals surface area contributed by atoms with E-state index in [0.29, 0.717) is 11.4 Å². The first-order chi connectivity index (χ1) is 9.33. The number of imidazole rings is 1. The largest absolute Gasteiger partial charge is 0.390 e. The highest BCUT2D eigenvalue weighted by Crippen LogP contribution is 2.26. The van der Waals surface area contributed by atoms with Crippen molar-refractivity contribution in [1.29, 1.82) is 0 Å². The molecule has 0 saturated heterocycles. The number of aliphatic hydroxyl groups excluding tert-OH is 1. The third kappa shape index (κ3) is 2.13. The zero-order valence-electron chi connectivity index (χ0n) is 10.6. The Kier molecular flexibility index (Phi) is 3.27. The Bertz CT molecular complexity index is 689. The molecule has 0 aliphatic carbocycles. The SMILES string of the molecule is CCCc1nn2c(CO)c(-c3ccccn3)nc2s1. The molecule has 0 aliphatic heterocycles. The monoisotopic (exact) mass is 274 g/mol. The second-order valence-electron chi connectivity index (χ2n) is 4.22. The summed E-state index contributed by atoms with van der Waals surface area (Å²) in [5, 5.41) is 15.1. The summed E-state index contributed by atoms with van der Waals surface area (Å²) in [6.45, 7) is 2.03. The van der Waals surface area contributed by atoms with Gasteiger partial charge in [-0.2, -0.15) is 5.10 Å². The van der Waals surface area contributed by atoms with Gasteiger partial charge in [0.1, 0.15) is 10.7 Å². The molecule has 0 aliphatic rings. The fourth-order valence-electron chi connectivity index (χ4n) is 1.99. The van der Waals surface area contributed by atoms with Crippen LogP contribution in [0.2, 0.25) is 0 Å². The number of fused-ring (bicyclic) bond motifs is 1. The molecule has 98 valence electrons. The third-order valence-corrected chi connectivity index (χ3v) is 3.83.